The molecule has 32 heavy (non-hydrogen) atoms. The zero-order valence-electron chi connectivity index (χ0n) is 19.2. The van der Waals surface area contributed by atoms with Crippen LogP contribution in [0.15, 0.2) is 24.4 Å². The van der Waals surface area contributed by atoms with Crippen molar-refractivity contribution in [2.45, 2.75) is 56.7 Å². The van der Waals surface area contributed by atoms with Gasteiger partial charge in [0.2, 0.25) is 8.41 Å². The number of likely N-dealkylation sites (N-methyl/N-ethyl adjacent to an activating group) is 1. The molecule has 4 rings (SSSR count). The van der Waals surface area contributed by atoms with Crippen LogP contribution in [0.2, 0.25) is 18.6 Å². The van der Waals surface area contributed by atoms with Gasteiger partial charge in [0, 0.05) is 49.8 Å². The van der Waals surface area contributed by atoms with Gasteiger partial charge in [-0.3, -0.25) is 9.48 Å². The van der Waals surface area contributed by atoms with E-state index in [4.69, 9.17) is 14.6 Å². The first-order valence-corrected chi connectivity index (χ1v) is 13.9. The predicted octanol–water partition coefficient (Wildman–Crippen LogP) is 2.66. The van der Waals surface area contributed by atoms with Crippen molar-refractivity contribution in [3.05, 3.63) is 35.7 Å². The van der Waals surface area contributed by atoms with Crippen LogP contribution >= 0.6 is 0 Å². The molecule has 3 heterocycles. The first-order valence-electron chi connectivity index (χ1n) is 11.0. The first kappa shape index (κ1) is 22.9. The third kappa shape index (κ3) is 3.54. The van der Waals surface area contributed by atoms with Crippen LogP contribution in [0, 0.1) is 5.92 Å². The van der Waals surface area contributed by atoms with E-state index in [-0.39, 0.29) is 24.0 Å². The molecule has 2 aliphatic heterocycles. The van der Waals surface area contributed by atoms with Crippen LogP contribution in [0.1, 0.15) is 24.6 Å². The summed E-state index contributed by atoms with van der Waals surface area (Å²) in [6.07, 6.45) is 2.30. The van der Waals surface area contributed by atoms with Crippen molar-refractivity contribution in [3.8, 4) is 5.75 Å². The van der Waals surface area contributed by atoms with Gasteiger partial charge in [0.05, 0.1) is 24.6 Å². The lowest BCUT2D eigenvalue weighted by Gasteiger charge is -2.31. The number of benzene rings is 1. The molecule has 0 radical (unpaired) electrons. The standard InChI is InChI=1S/C22H31FN4O4Si/c1-14-20(32(4,5)23)19(8-10-27-13-15(9-11-28)24-25-27)31-22(14)17-12-16(30-3)6-7-18(17)26(2)21(22)29/h6-7,12-14,19-20,28H,8-11H2,1-5H3/t14-,19+,20-,22+/m1/s1. The fraction of sp³-hybridized carbons (Fsp3) is 0.591. The van der Waals surface area contributed by atoms with Gasteiger partial charge >= 0.3 is 0 Å². The lowest BCUT2D eigenvalue weighted by Crippen LogP contribution is -2.44. The van der Waals surface area contributed by atoms with Crippen molar-refractivity contribution in [1.29, 1.82) is 0 Å². The van der Waals surface area contributed by atoms with E-state index in [0.29, 0.717) is 30.8 Å². The average Bonchev–Trinajstić information content (AvgIpc) is 3.38. The summed E-state index contributed by atoms with van der Waals surface area (Å²) in [7, 11) is 0.127. The largest absolute Gasteiger partial charge is 0.497 e. The fourth-order valence-electron chi connectivity index (χ4n) is 5.47. The summed E-state index contributed by atoms with van der Waals surface area (Å²) < 4.78 is 29.3. The number of aliphatic hydroxyl groups is 1. The summed E-state index contributed by atoms with van der Waals surface area (Å²) in [6.45, 7) is 5.81. The Bertz CT molecular complexity index is 1010. The van der Waals surface area contributed by atoms with E-state index in [2.05, 4.69) is 10.3 Å². The van der Waals surface area contributed by atoms with Crippen LogP contribution in [0.3, 0.4) is 0 Å². The number of amides is 1. The number of aliphatic hydroxyl groups excluding tert-OH is 1. The smallest absolute Gasteiger partial charge is 0.264 e. The van der Waals surface area contributed by atoms with Crippen LogP contribution in [0.5, 0.6) is 5.75 Å². The highest BCUT2D eigenvalue weighted by Gasteiger charge is 2.66. The maximum absolute atomic E-state index is 15.7. The normalized spacial score (nSPS) is 27.4. The molecule has 1 spiro atoms. The second-order valence-corrected chi connectivity index (χ2v) is 13.0. The Balaban J connectivity index is 1.68. The van der Waals surface area contributed by atoms with Crippen LogP contribution in [-0.4, -0.2) is 61.3 Å². The summed E-state index contributed by atoms with van der Waals surface area (Å²) in [5.74, 6) is 0.144. The van der Waals surface area contributed by atoms with E-state index in [1.807, 2.05) is 25.1 Å². The Morgan fingerprint density at radius 1 is 1.38 bits per heavy atom. The Kier molecular flexibility index (Phi) is 5.89. The molecule has 8 nitrogen and oxygen atoms in total. The van der Waals surface area contributed by atoms with Gasteiger partial charge in [-0.05, 0) is 37.7 Å². The van der Waals surface area contributed by atoms with Gasteiger partial charge in [-0.15, -0.1) is 5.10 Å². The number of aryl methyl sites for hydroxylation is 1. The van der Waals surface area contributed by atoms with Crippen LogP contribution in [0.4, 0.5) is 9.80 Å². The number of nitrogens with zero attached hydrogens (tertiary/aromatic N) is 4. The number of fused-ring (bicyclic) bond motifs is 2. The molecule has 4 atom stereocenters. The molecule has 1 fully saturated rings. The van der Waals surface area contributed by atoms with Crippen molar-refractivity contribution < 1.29 is 23.5 Å². The van der Waals surface area contributed by atoms with Gasteiger partial charge in [0.15, 0.2) is 5.60 Å². The van der Waals surface area contributed by atoms with E-state index in [9.17, 15) is 4.79 Å². The molecule has 0 aliphatic carbocycles. The molecule has 174 valence electrons. The Morgan fingerprint density at radius 3 is 2.78 bits per heavy atom. The summed E-state index contributed by atoms with van der Waals surface area (Å²) >= 11 is 0. The highest BCUT2D eigenvalue weighted by atomic mass is 28.4. The number of hydrogen-bond donors (Lipinski definition) is 1. The SMILES string of the molecule is COc1ccc2c(c1)[C@]1(O[C@@H](CCn3cc(CCO)nn3)[C@H]([Si](C)(C)F)[C@H]1C)C(=O)N2C. The topological polar surface area (TPSA) is 89.7 Å². The summed E-state index contributed by atoms with van der Waals surface area (Å²) in [4.78, 5) is 15.2. The van der Waals surface area contributed by atoms with E-state index in [1.165, 1.54) is 0 Å². The van der Waals surface area contributed by atoms with Crippen molar-refractivity contribution in [2.75, 3.05) is 25.7 Å². The maximum atomic E-state index is 15.7. The van der Waals surface area contributed by atoms with Crippen molar-refractivity contribution in [1.82, 2.24) is 15.0 Å². The second kappa shape index (κ2) is 8.24. The summed E-state index contributed by atoms with van der Waals surface area (Å²) in [5, 5.41) is 17.2. The van der Waals surface area contributed by atoms with Gasteiger partial charge in [-0.25, -0.2) is 0 Å². The zero-order valence-corrected chi connectivity index (χ0v) is 20.2. The molecule has 0 unspecified atom stereocenters. The minimum atomic E-state index is -3.19. The highest BCUT2D eigenvalue weighted by molar-refractivity contribution is 6.72. The Morgan fingerprint density at radius 2 is 2.12 bits per heavy atom. The number of halogens is 1. The molecule has 10 heteroatoms. The van der Waals surface area contributed by atoms with Crippen LogP contribution < -0.4 is 9.64 Å². The molecule has 0 saturated carbocycles. The van der Waals surface area contributed by atoms with E-state index in [0.717, 1.165) is 11.3 Å². The minimum Gasteiger partial charge on any atom is -0.497 e. The van der Waals surface area contributed by atoms with Gasteiger partial charge in [0.25, 0.3) is 5.91 Å². The highest BCUT2D eigenvalue weighted by Crippen LogP contribution is 2.60. The first-order chi connectivity index (χ1) is 15.1. The van der Waals surface area contributed by atoms with Gasteiger partial charge in [0.1, 0.15) is 5.75 Å². The third-order valence-corrected chi connectivity index (χ3v) is 9.35. The molecular weight excluding hydrogens is 431 g/mol. The van der Waals surface area contributed by atoms with Crippen molar-refractivity contribution in [3.63, 3.8) is 0 Å². The van der Waals surface area contributed by atoms with Crippen LogP contribution in [0.25, 0.3) is 0 Å². The minimum absolute atomic E-state index is 0.00663. The number of carbonyl (C=O) groups excluding carboxylic acids is 1. The molecule has 2 aromatic rings. The quantitative estimate of drug-likeness (QED) is 0.503. The number of aromatic nitrogens is 3. The lowest BCUT2D eigenvalue weighted by atomic mass is 9.82. The van der Waals surface area contributed by atoms with E-state index < -0.39 is 20.1 Å². The van der Waals surface area contributed by atoms with E-state index in [1.54, 1.807) is 43.0 Å². The molecule has 1 amide bonds. The second-order valence-electron chi connectivity index (χ2n) is 9.25. The lowest BCUT2D eigenvalue weighted by molar-refractivity contribution is -0.145. The molecule has 1 N–H and O–H groups in total. The Hall–Kier alpha value is -2.30. The molecule has 2 aliphatic rings. The van der Waals surface area contributed by atoms with Gasteiger partial charge in [-0.2, -0.15) is 0 Å². The zero-order chi connectivity index (χ0) is 23.3. The third-order valence-electron chi connectivity index (χ3n) is 6.89. The number of carbonyl (C=O) groups is 1. The Labute approximate surface area is 188 Å². The monoisotopic (exact) mass is 462 g/mol. The molecule has 1 aromatic heterocycles. The molecule has 1 saturated heterocycles. The average molecular weight is 463 g/mol. The van der Waals surface area contributed by atoms with Gasteiger partial charge < -0.3 is 23.6 Å². The molecule has 0 bridgehead atoms. The van der Waals surface area contributed by atoms with Gasteiger partial charge in [-0.1, -0.05) is 12.1 Å². The number of ether oxygens (including phenoxy) is 2. The van der Waals surface area contributed by atoms with Crippen molar-refractivity contribution in [2.24, 2.45) is 5.92 Å². The number of methoxy groups -OCH3 is 1. The molecular formula is C22H31FN4O4Si. The fourth-order valence-corrected chi connectivity index (χ4v) is 8.01. The van der Waals surface area contributed by atoms with E-state index >= 15 is 4.11 Å². The summed E-state index contributed by atoms with van der Waals surface area (Å²) in [6, 6.07) is 5.52. The van der Waals surface area contributed by atoms with Crippen LogP contribution in [-0.2, 0) is 28.1 Å². The number of anilines is 1. The van der Waals surface area contributed by atoms with Crippen molar-refractivity contribution >= 4 is 20.0 Å². The number of hydrogen-bond acceptors (Lipinski definition) is 6. The number of rotatable bonds is 7. The summed E-state index contributed by atoms with van der Waals surface area (Å²) in [5.41, 5.74) is 0.626. The maximum Gasteiger partial charge on any atom is 0.264 e. The predicted molar refractivity (Wildman–Crippen MR) is 120 cm³/mol. The molecule has 1 aromatic carbocycles.